The normalized spacial score (nSPS) is 16.2. The summed E-state index contributed by atoms with van der Waals surface area (Å²) >= 11 is 0. The Kier molecular flexibility index (Phi) is 4.80. The molecule has 0 bridgehead atoms. The maximum atomic E-state index is 12.6. The summed E-state index contributed by atoms with van der Waals surface area (Å²) in [6.07, 6.45) is -4.28. The summed E-state index contributed by atoms with van der Waals surface area (Å²) in [5.74, 6) is 0.249. The predicted molar refractivity (Wildman–Crippen MR) is 85.4 cm³/mol. The lowest BCUT2D eigenvalue weighted by Gasteiger charge is -2.37. The summed E-state index contributed by atoms with van der Waals surface area (Å²) in [6.45, 7) is 0.145. The highest BCUT2D eigenvalue weighted by atomic mass is 32.2. The van der Waals surface area contributed by atoms with Gasteiger partial charge in [0.2, 0.25) is 15.9 Å². The minimum Gasteiger partial charge on any atom is -0.495 e. The molecular weight excluding hydrogens is 373 g/mol. The average molecular weight is 388 g/mol. The van der Waals surface area contributed by atoms with Crippen molar-refractivity contribution in [2.45, 2.75) is 17.2 Å². The number of para-hydroxylation sites is 1. The number of pyridine rings is 1. The smallest absolute Gasteiger partial charge is 0.417 e. The van der Waals surface area contributed by atoms with Gasteiger partial charge in [0.05, 0.1) is 25.8 Å². The van der Waals surface area contributed by atoms with Gasteiger partial charge in [0.1, 0.15) is 16.7 Å². The number of hydrogen-bond donors (Lipinski definition) is 0. The van der Waals surface area contributed by atoms with E-state index in [1.807, 2.05) is 0 Å². The highest BCUT2D eigenvalue weighted by Crippen LogP contribution is 2.31. The topological polar surface area (TPSA) is 68.7 Å². The Morgan fingerprint density at radius 1 is 1.15 bits per heavy atom. The second kappa shape index (κ2) is 6.76. The van der Waals surface area contributed by atoms with Gasteiger partial charge < -0.3 is 9.47 Å². The molecule has 2 heterocycles. The Labute approximate surface area is 148 Å². The third kappa shape index (κ3) is 3.61. The monoisotopic (exact) mass is 388 g/mol. The zero-order chi connectivity index (χ0) is 18.9. The molecule has 0 N–H and O–H groups in total. The van der Waals surface area contributed by atoms with E-state index in [0.29, 0.717) is 6.20 Å². The lowest BCUT2D eigenvalue weighted by Crippen LogP contribution is -2.56. The number of hydrogen-bond acceptors (Lipinski definition) is 5. The largest absolute Gasteiger partial charge is 0.495 e. The highest BCUT2D eigenvalue weighted by Gasteiger charge is 2.39. The lowest BCUT2D eigenvalue weighted by atomic mass is 10.2. The van der Waals surface area contributed by atoms with Gasteiger partial charge in [0.25, 0.3) is 0 Å². The first kappa shape index (κ1) is 18.5. The van der Waals surface area contributed by atoms with Gasteiger partial charge in [-0.3, -0.25) is 0 Å². The minimum atomic E-state index is -4.47. The number of nitrogens with zero attached hydrogens (tertiary/aromatic N) is 2. The number of alkyl halides is 3. The number of aromatic nitrogens is 1. The quantitative estimate of drug-likeness (QED) is 0.788. The fourth-order valence-electron chi connectivity index (χ4n) is 2.43. The van der Waals surface area contributed by atoms with E-state index >= 15 is 0 Å². The second-order valence-electron chi connectivity index (χ2n) is 5.60. The molecule has 1 aliphatic heterocycles. The molecule has 26 heavy (non-hydrogen) atoms. The van der Waals surface area contributed by atoms with Crippen molar-refractivity contribution in [1.29, 1.82) is 0 Å². The van der Waals surface area contributed by atoms with Crippen LogP contribution in [0, 0.1) is 0 Å². The zero-order valence-corrected chi connectivity index (χ0v) is 14.4. The fourth-order valence-corrected chi connectivity index (χ4v) is 4.09. The molecule has 0 atom stereocenters. The van der Waals surface area contributed by atoms with E-state index in [0.717, 1.165) is 12.1 Å². The van der Waals surface area contributed by atoms with Crippen LogP contribution < -0.4 is 9.47 Å². The van der Waals surface area contributed by atoms with Crippen molar-refractivity contribution in [1.82, 2.24) is 9.29 Å². The van der Waals surface area contributed by atoms with E-state index in [2.05, 4.69) is 4.98 Å². The van der Waals surface area contributed by atoms with Gasteiger partial charge >= 0.3 is 6.18 Å². The minimum absolute atomic E-state index is 0.0114. The maximum Gasteiger partial charge on any atom is 0.417 e. The van der Waals surface area contributed by atoms with E-state index in [-0.39, 0.29) is 29.6 Å². The van der Waals surface area contributed by atoms with Gasteiger partial charge in [-0.25, -0.2) is 13.4 Å². The van der Waals surface area contributed by atoms with E-state index < -0.39 is 27.9 Å². The van der Waals surface area contributed by atoms with E-state index in [9.17, 15) is 21.6 Å². The number of benzene rings is 1. The van der Waals surface area contributed by atoms with Gasteiger partial charge in [-0.15, -0.1) is 0 Å². The Hall–Kier alpha value is -2.33. The van der Waals surface area contributed by atoms with Crippen LogP contribution in [0.2, 0.25) is 0 Å². The molecule has 0 radical (unpaired) electrons. The Bertz CT molecular complexity index is 879. The van der Waals surface area contributed by atoms with Gasteiger partial charge in [-0.2, -0.15) is 17.5 Å². The lowest BCUT2D eigenvalue weighted by molar-refractivity contribution is -0.137. The first-order chi connectivity index (χ1) is 12.2. The summed E-state index contributed by atoms with van der Waals surface area (Å²) < 4.78 is 74.4. The summed E-state index contributed by atoms with van der Waals surface area (Å²) in [4.78, 5) is 3.66. The molecule has 1 fully saturated rings. The summed E-state index contributed by atoms with van der Waals surface area (Å²) in [5.41, 5.74) is -0.876. The van der Waals surface area contributed by atoms with Crippen molar-refractivity contribution in [2.75, 3.05) is 20.2 Å². The summed E-state index contributed by atoms with van der Waals surface area (Å²) in [5, 5.41) is 0. The molecule has 0 aliphatic carbocycles. The standard InChI is InChI=1S/C16H15F3N2O4S/c1-24-13-4-2-3-5-14(13)26(22,23)21-9-12(10-21)25-15-7-6-11(8-20-15)16(17,18)19/h2-8,12H,9-10H2,1H3. The van der Waals surface area contributed by atoms with Crippen LogP contribution in [0.3, 0.4) is 0 Å². The molecule has 1 saturated heterocycles. The van der Waals surface area contributed by atoms with Crippen LogP contribution in [0.25, 0.3) is 0 Å². The molecule has 0 unspecified atom stereocenters. The van der Waals surface area contributed by atoms with Crippen LogP contribution in [-0.2, 0) is 16.2 Å². The van der Waals surface area contributed by atoms with Crippen LogP contribution in [-0.4, -0.2) is 44.0 Å². The van der Waals surface area contributed by atoms with Crippen molar-refractivity contribution >= 4 is 10.0 Å². The van der Waals surface area contributed by atoms with E-state index in [4.69, 9.17) is 9.47 Å². The zero-order valence-electron chi connectivity index (χ0n) is 13.6. The number of ether oxygens (including phenoxy) is 2. The number of sulfonamides is 1. The van der Waals surface area contributed by atoms with Crippen LogP contribution in [0.1, 0.15) is 5.56 Å². The third-order valence-electron chi connectivity index (χ3n) is 3.85. The molecule has 10 heteroatoms. The molecule has 1 aromatic carbocycles. The molecule has 140 valence electrons. The van der Waals surface area contributed by atoms with Crippen LogP contribution >= 0.6 is 0 Å². The van der Waals surface area contributed by atoms with Crippen molar-refractivity contribution < 1.29 is 31.1 Å². The number of rotatable bonds is 5. The number of methoxy groups -OCH3 is 1. The molecule has 0 amide bonds. The summed E-state index contributed by atoms with van der Waals surface area (Å²) in [7, 11) is -2.36. The SMILES string of the molecule is COc1ccccc1S(=O)(=O)N1CC(Oc2ccc(C(F)(F)F)cn2)C1. The van der Waals surface area contributed by atoms with Gasteiger partial charge in [0.15, 0.2) is 0 Å². The maximum absolute atomic E-state index is 12.6. The third-order valence-corrected chi connectivity index (χ3v) is 5.72. The van der Waals surface area contributed by atoms with Crippen LogP contribution in [0.5, 0.6) is 11.6 Å². The molecule has 6 nitrogen and oxygen atoms in total. The molecule has 0 saturated carbocycles. The molecule has 1 aromatic heterocycles. The fraction of sp³-hybridized carbons (Fsp3) is 0.312. The Morgan fingerprint density at radius 2 is 1.85 bits per heavy atom. The van der Waals surface area contributed by atoms with Gasteiger partial charge in [-0.1, -0.05) is 12.1 Å². The van der Waals surface area contributed by atoms with Crippen molar-refractivity contribution in [3.63, 3.8) is 0 Å². The first-order valence-electron chi connectivity index (χ1n) is 7.55. The molecular formula is C16H15F3N2O4S. The van der Waals surface area contributed by atoms with Crippen molar-refractivity contribution in [3.05, 3.63) is 48.2 Å². The number of halogens is 3. The highest BCUT2D eigenvalue weighted by molar-refractivity contribution is 7.89. The van der Waals surface area contributed by atoms with Crippen LogP contribution in [0.4, 0.5) is 13.2 Å². The Balaban J connectivity index is 1.64. The van der Waals surface area contributed by atoms with Crippen molar-refractivity contribution in [2.24, 2.45) is 0 Å². The molecule has 0 spiro atoms. The van der Waals surface area contributed by atoms with E-state index in [1.54, 1.807) is 18.2 Å². The van der Waals surface area contributed by atoms with Crippen molar-refractivity contribution in [3.8, 4) is 11.6 Å². The first-order valence-corrected chi connectivity index (χ1v) is 8.99. The van der Waals surface area contributed by atoms with Gasteiger partial charge in [-0.05, 0) is 18.2 Å². The molecule has 1 aliphatic rings. The second-order valence-corrected chi connectivity index (χ2v) is 7.50. The molecule has 3 rings (SSSR count). The van der Waals surface area contributed by atoms with E-state index in [1.165, 1.54) is 17.5 Å². The Morgan fingerprint density at radius 3 is 2.42 bits per heavy atom. The molecule has 2 aromatic rings. The van der Waals surface area contributed by atoms with Gasteiger partial charge in [0, 0.05) is 12.3 Å². The predicted octanol–water partition coefficient (Wildman–Crippen LogP) is 2.56. The summed E-state index contributed by atoms with van der Waals surface area (Å²) in [6, 6.07) is 8.22. The van der Waals surface area contributed by atoms with Crippen LogP contribution in [0.15, 0.2) is 47.5 Å². The average Bonchev–Trinajstić information content (AvgIpc) is 2.57.